The minimum atomic E-state index is -3.65. The first-order chi connectivity index (χ1) is 8.81. The first-order valence-electron chi connectivity index (χ1n) is 5.29. The molecule has 0 fully saturated rings. The van der Waals surface area contributed by atoms with Gasteiger partial charge in [-0.1, -0.05) is 6.92 Å². The standard InChI is InChI=1S/C11H11ClN2O4S/c1-8(5-12)7-19(17,18)10-3-2-9(6-13)11(4-10)14(15)16/h2-4,8H,5,7H2,1H3. The number of nitro groups is 1. The van der Waals surface area contributed by atoms with Gasteiger partial charge in [-0.05, 0) is 18.1 Å². The van der Waals surface area contributed by atoms with Crippen molar-refractivity contribution in [2.45, 2.75) is 11.8 Å². The first-order valence-corrected chi connectivity index (χ1v) is 7.47. The lowest BCUT2D eigenvalue weighted by Crippen LogP contribution is -2.15. The topological polar surface area (TPSA) is 101 Å². The average Bonchev–Trinajstić information content (AvgIpc) is 2.37. The Balaban J connectivity index is 3.27. The molecule has 0 bridgehead atoms. The predicted molar refractivity (Wildman–Crippen MR) is 69.7 cm³/mol. The minimum Gasteiger partial charge on any atom is -0.258 e. The molecule has 1 unspecified atom stereocenters. The third-order valence-electron chi connectivity index (χ3n) is 2.41. The third kappa shape index (κ3) is 3.66. The summed E-state index contributed by atoms with van der Waals surface area (Å²) in [7, 11) is -3.65. The summed E-state index contributed by atoms with van der Waals surface area (Å²) in [5.41, 5.74) is -0.684. The number of hydrogen-bond donors (Lipinski definition) is 0. The molecule has 0 N–H and O–H groups in total. The van der Waals surface area contributed by atoms with Gasteiger partial charge >= 0.3 is 0 Å². The third-order valence-corrected chi connectivity index (χ3v) is 4.92. The molecule has 0 amide bonds. The van der Waals surface area contributed by atoms with Crippen molar-refractivity contribution >= 4 is 27.1 Å². The molecule has 0 aliphatic rings. The van der Waals surface area contributed by atoms with Gasteiger partial charge in [0.15, 0.2) is 9.84 Å². The Bertz CT molecular complexity index is 637. The molecule has 8 heteroatoms. The van der Waals surface area contributed by atoms with Crippen LogP contribution in [0.15, 0.2) is 23.1 Å². The van der Waals surface area contributed by atoms with Gasteiger partial charge in [-0.2, -0.15) is 5.26 Å². The molecular formula is C11H11ClN2O4S. The molecule has 0 aromatic heterocycles. The van der Waals surface area contributed by atoms with Crippen molar-refractivity contribution in [3.8, 4) is 6.07 Å². The highest BCUT2D eigenvalue weighted by Gasteiger charge is 2.23. The minimum absolute atomic E-state index is 0.171. The fraction of sp³-hybridized carbons (Fsp3) is 0.364. The maximum absolute atomic E-state index is 12.0. The number of nitriles is 1. The van der Waals surface area contributed by atoms with Crippen molar-refractivity contribution in [2.24, 2.45) is 5.92 Å². The van der Waals surface area contributed by atoms with E-state index in [2.05, 4.69) is 0 Å². The molecule has 6 nitrogen and oxygen atoms in total. The molecule has 0 spiro atoms. The van der Waals surface area contributed by atoms with Gasteiger partial charge in [0, 0.05) is 11.9 Å². The Hall–Kier alpha value is -1.65. The summed E-state index contributed by atoms with van der Waals surface area (Å²) < 4.78 is 24.0. The van der Waals surface area contributed by atoms with Gasteiger partial charge in [0.05, 0.1) is 15.6 Å². The second kappa shape index (κ2) is 5.99. The summed E-state index contributed by atoms with van der Waals surface area (Å²) in [6.07, 6.45) is 0. The van der Waals surface area contributed by atoms with Crippen LogP contribution in [0.5, 0.6) is 0 Å². The second-order valence-corrected chi connectivity index (χ2v) is 6.43. The van der Waals surface area contributed by atoms with Gasteiger partial charge in [0.1, 0.15) is 11.6 Å². The van der Waals surface area contributed by atoms with Gasteiger partial charge in [-0.25, -0.2) is 8.42 Å². The lowest BCUT2D eigenvalue weighted by molar-refractivity contribution is -0.385. The Labute approximate surface area is 115 Å². The highest BCUT2D eigenvalue weighted by Crippen LogP contribution is 2.24. The normalized spacial score (nSPS) is 12.7. The molecule has 102 valence electrons. The summed E-state index contributed by atoms with van der Waals surface area (Å²) >= 11 is 5.56. The fourth-order valence-corrected chi connectivity index (χ4v) is 3.33. The SMILES string of the molecule is CC(CCl)CS(=O)(=O)c1ccc(C#N)c([N+](=O)[O-])c1. The van der Waals surface area contributed by atoms with Gasteiger partial charge in [0.25, 0.3) is 5.69 Å². The molecule has 0 aliphatic carbocycles. The number of hydrogen-bond acceptors (Lipinski definition) is 5. The van der Waals surface area contributed by atoms with Crippen molar-refractivity contribution in [1.82, 2.24) is 0 Å². The Morgan fingerprint density at radius 1 is 1.53 bits per heavy atom. The molecule has 0 aliphatic heterocycles. The van der Waals surface area contributed by atoms with Crippen LogP contribution in [0.3, 0.4) is 0 Å². The summed E-state index contributed by atoms with van der Waals surface area (Å²) in [5.74, 6) is -0.279. The molecule has 1 aromatic carbocycles. The van der Waals surface area contributed by atoms with Crippen LogP contribution >= 0.6 is 11.6 Å². The zero-order chi connectivity index (χ0) is 14.6. The van der Waals surface area contributed by atoms with E-state index in [1.165, 1.54) is 6.07 Å². The van der Waals surface area contributed by atoms with Gasteiger partial charge < -0.3 is 0 Å². The number of alkyl halides is 1. The van der Waals surface area contributed by atoms with Gasteiger partial charge in [-0.3, -0.25) is 10.1 Å². The number of rotatable bonds is 5. The molecule has 1 atom stereocenters. The number of nitrogens with zero attached hydrogens (tertiary/aromatic N) is 2. The number of nitro benzene ring substituents is 1. The number of halogens is 1. The summed E-state index contributed by atoms with van der Waals surface area (Å²) in [6, 6.07) is 4.89. The highest BCUT2D eigenvalue weighted by atomic mass is 35.5. The Morgan fingerprint density at radius 2 is 2.16 bits per heavy atom. The van der Waals surface area contributed by atoms with Crippen LogP contribution in [0, 0.1) is 27.4 Å². The van der Waals surface area contributed by atoms with E-state index in [1.54, 1.807) is 13.0 Å². The molecular weight excluding hydrogens is 292 g/mol. The predicted octanol–water partition coefficient (Wildman–Crippen LogP) is 2.12. The van der Waals surface area contributed by atoms with E-state index in [0.717, 1.165) is 12.1 Å². The van der Waals surface area contributed by atoms with Crippen molar-refractivity contribution in [3.05, 3.63) is 33.9 Å². The maximum Gasteiger partial charge on any atom is 0.288 e. The van der Waals surface area contributed by atoms with Gasteiger partial charge in [0.2, 0.25) is 0 Å². The maximum atomic E-state index is 12.0. The monoisotopic (exact) mass is 302 g/mol. The molecule has 0 radical (unpaired) electrons. The van der Waals surface area contributed by atoms with E-state index in [1.807, 2.05) is 0 Å². The van der Waals surface area contributed by atoms with E-state index in [0.29, 0.717) is 0 Å². The van der Waals surface area contributed by atoms with E-state index >= 15 is 0 Å². The van der Waals surface area contributed by atoms with E-state index < -0.39 is 20.4 Å². The smallest absolute Gasteiger partial charge is 0.258 e. The van der Waals surface area contributed by atoms with Gasteiger partial charge in [-0.15, -0.1) is 11.6 Å². The Morgan fingerprint density at radius 3 is 2.63 bits per heavy atom. The van der Waals surface area contributed by atoms with Crippen molar-refractivity contribution < 1.29 is 13.3 Å². The van der Waals surface area contributed by atoms with Crippen LogP contribution in [-0.4, -0.2) is 25.0 Å². The average molecular weight is 303 g/mol. The number of benzene rings is 1. The van der Waals surface area contributed by atoms with Crippen LogP contribution < -0.4 is 0 Å². The highest BCUT2D eigenvalue weighted by molar-refractivity contribution is 7.91. The molecule has 0 saturated carbocycles. The summed E-state index contributed by atoms with van der Waals surface area (Å²) in [4.78, 5) is 9.83. The fourth-order valence-electron chi connectivity index (χ4n) is 1.47. The van der Waals surface area contributed by atoms with Crippen molar-refractivity contribution in [1.29, 1.82) is 5.26 Å². The molecule has 1 aromatic rings. The molecule has 0 saturated heterocycles. The quantitative estimate of drug-likeness (QED) is 0.471. The van der Waals surface area contributed by atoms with Crippen LogP contribution in [0.25, 0.3) is 0 Å². The van der Waals surface area contributed by atoms with Crippen molar-refractivity contribution in [2.75, 3.05) is 11.6 Å². The summed E-state index contributed by atoms with van der Waals surface area (Å²) in [5, 5.41) is 19.5. The van der Waals surface area contributed by atoms with E-state index in [-0.39, 0.29) is 28.0 Å². The molecule has 19 heavy (non-hydrogen) atoms. The lowest BCUT2D eigenvalue weighted by atomic mass is 10.2. The largest absolute Gasteiger partial charge is 0.288 e. The first kappa shape index (κ1) is 15.4. The van der Waals surface area contributed by atoms with Crippen LogP contribution in [0.1, 0.15) is 12.5 Å². The van der Waals surface area contributed by atoms with Crippen molar-refractivity contribution in [3.63, 3.8) is 0 Å². The zero-order valence-corrected chi connectivity index (χ0v) is 11.6. The molecule has 1 rings (SSSR count). The Kier molecular flexibility index (Phi) is 4.86. The van der Waals surface area contributed by atoms with E-state index in [4.69, 9.17) is 16.9 Å². The van der Waals surface area contributed by atoms with Crippen LogP contribution in [0.2, 0.25) is 0 Å². The lowest BCUT2D eigenvalue weighted by Gasteiger charge is -2.08. The van der Waals surface area contributed by atoms with Crippen LogP contribution in [0.4, 0.5) is 5.69 Å². The number of sulfone groups is 1. The summed E-state index contributed by atoms with van der Waals surface area (Å²) in [6.45, 7) is 1.67. The van der Waals surface area contributed by atoms with E-state index in [9.17, 15) is 18.5 Å². The molecule has 0 heterocycles. The second-order valence-electron chi connectivity index (χ2n) is 4.09. The zero-order valence-electron chi connectivity index (χ0n) is 10.0. The van der Waals surface area contributed by atoms with Crippen LogP contribution in [-0.2, 0) is 9.84 Å².